The van der Waals surface area contributed by atoms with E-state index in [1.807, 2.05) is 30.5 Å². The third kappa shape index (κ3) is 3.98. The predicted molar refractivity (Wildman–Crippen MR) is 136 cm³/mol. The summed E-state index contributed by atoms with van der Waals surface area (Å²) >= 11 is 0. The van der Waals surface area contributed by atoms with Crippen LogP contribution in [-0.2, 0) is 34.1 Å². The summed E-state index contributed by atoms with van der Waals surface area (Å²) in [5, 5.41) is 11.2. The molecule has 11 heteroatoms. The Kier molecular flexibility index (Phi) is 5.12. The highest BCUT2D eigenvalue weighted by Gasteiger charge is 2.38. The number of urea groups is 1. The number of aromatic nitrogens is 4. The topological polar surface area (TPSA) is 120 Å². The van der Waals surface area contributed by atoms with Gasteiger partial charge in [-0.2, -0.15) is 18.6 Å². The smallest absolute Gasteiger partial charge is 0.333 e. The van der Waals surface area contributed by atoms with Crippen molar-refractivity contribution in [2.24, 2.45) is 5.92 Å². The van der Waals surface area contributed by atoms with Crippen LogP contribution in [0.4, 0.5) is 10.5 Å². The molecule has 0 spiro atoms. The first-order chi connectivity index (χ1) is 18.0. The molecule has 0 bridgehead atoms. The Morgan fingerprint density at radius 1 is 1.11 bits per heavy atom. The van der Waals surface area contributed by atoms with Crippen LogP contribution < -0.4 is 10.0 Å². The van der Waals surface area contributed by atoms with Gasteiger partial charge in [0.25, 0.3) is 10.0 Å². The number of hydrogen-bond donors (Lipinski definition) is 2. The van der Waals surface area contributed by atoms with Crippen LogP contribution in [-0.4, -0.2) is 40.5 Å². The number of sulfonamides is 1. The number of benzene rings is 1. The van der Waals surface area contributed by atoms with Gasteiger partial charge >= 0.3 is 6.03 Å². The molecule has 4 heterocycles. The molecule has 1 saturated carbocycles. The van der Waals surface area contributed by atoms with Crippen LogP contribution in [0.3, 0.4) is 0 Å². The maximum Gasteiger partial charge on any atom is 0.333 e. The normalized spacial score (nSPS) is 19.0. The van der Waals surface area contributed by atoms with E-state index in [4.69, 9.17) is 4.74 Å². The summed E-state index contributed by atoms with van der Waals surface area (Å²) in [6.45, 7) is 0.984. The lowest BCUT2D eigenvalue weighted by Crippen LogP contribution is -2.35. The van der Waals surface area contributed by atoms with Gasteiger partial charge in [0.1, 0.15) is 6.10 Å². The number of anilines is 1. The fourth-order valence-corrected chi connectivity index (χ4v) is 6.41. The van der Waals surface area contributed by atoms with E-state index < -0.39 is 16.1 Å². The molecule has 2 aliphatic carbocycles. The summed E-state index contributed by atoms with van der Waals surface area (Å²) in [7, 11) is -4.18. The van der Waals surface area contributed by atoms with Crippen molar-refractivity contribution in [2.75, 3.05) is 11.9 Å². The zero-order valence-electron chi connectivity index (χ0n) is 20.1. The Morgan fingerprint density at radius 2 is 2.00 bits per heavy atom. The average Bonchev–Trinajstić information content (AvgIpc) is 3.26. The van der Waals surface area contributed by atoms with Crippen molar-refractivity contribution in [1.82, 2.24) is 24.1 Å². The SMILES string of the molecule is O=C(Nc1c(-c2ccn3nccc3c2)ccc2c1CCC2)NS(=O)(=O)c1cc2n(n1)CCO[C@@H]2C1CC1. The first-order valence-electron chi connectivity index (χ1n) is 12.6. The molecule has 1 aliphatic heterocycles. The molecule has 4 aromatic rings. The lowest BCUT2D eigenvalue weighted by Gasteiger charge is -2.23. The van der Waals surface area contributed by atoms with Gasteiger partial charge in [-0.15, -0.1) is 0 Å². The maximum atomic E-state index is 13.2. The number of carbonyl (C=O) groups is 1. The number of ether oxygens (including phenoxy) is 1. The summed E-state index contributed by atoms with van der Waals surface area (Å²) in [4.78, 5) is 13.1. The highest BCUT2D eigenvalue weighted by Crippen LogP contribution is 2.45. The van der Waals surface area contributed by atoms with Gasteiger partial charge in [-0.05, 0) is 72.9 Å². The molecule has 1 aromatic carbocycles. The molecule has 1 fully saturated rings. The number of fused-ring (bicyclic) bond motifs is 3. The standard InChI is InChI=1S/C26H26N6O4S/c33-26(30-37(34,35)23-15-22-25(17-4-5-17)36-13-12-32(22)29-23)28-24-20-3-1-2-16(20)6-7-21(24)18-9-11-31-19(14-18)8-10-27-31/h6-11,14-15,17,25H,1-5,12-13H2,(H2,28,30,33)/t25-/m1/s1. The molecule has 10 nitrogen and oxygen atoms in total. The molecular formula is C26H26N6O4S. The van der Waals surface area contributed by atoms with Gasteiger partial charge in [-0.25, -0.2) is 14.0 Å². The van der Waals surface area contributed by atoms with Crippen LogP contribution in [0.25, 0.3) is 16.6 Å². The molecule has 0 saturated heterocycles. The van der Waals surface area contributed by atoms with Crippen molar-refractivity contribution in [1.29, 1.82) is 0 Å². The van der Waals surface area contributed by atoms with E-state index in [9.17, 15) is 13.2 Å². The van der Waals surface area contributed by atoms with Crippen molar-refractivity contribution in [3.8, 4) is 11.1 Å². The number of carbonyl (C=O) groups excluding carboxylic acids is 1. The number of nitrogens with zero attached hydrogens (tertiary/aromatic N) is 4. The number of rotatable bonds is 5. The third-order valence-corrected chi connectivity index (χ3v) is 8.67. The second-order valence-electron chi connectivity index (χ2n) is 9.91. The van der Waals surface area contributed by atoms with Crippen LogP contribution in [0.2, 0.25) is 0 Å². The Labute approximate surface area is 213 Å². The van der Waals surface area contributed by atoms with Crippen LogP contribution in [0.5, 0.6) is 0 Å². The minimum atomic E-state index is -4.18. The molecule has 0 radical (unpaired) electrons. The summed E-state index contributed by atoms with van der Waals surface area (Å²) in [5.41, 5.74) is 6.27. The Hall–Kier alpha value is -3.70. The summed E-state index contributed by atoms with van der Waals surface area (Å²) < 4.78 is 37.8. The zero-order valence-corrected chi connectivity index (χ0v) is 20.9. The van der Waals surface area contributed by atoms with E-state index in [0.717, 1.165) is 60.0 Å². The lowest BCUT2D eigenvalue weighted by molar-refractivity contribution is 0.00273. The van der Waals surface area contributed by atoms with Crippen LogP contribution in [0.1, 0.15) is 42.2 Å². The fourth-order valence-electron chi connectivity index (χ4n) is 5.53. The van der Waals surface area contributed by atoms with Gasteiger partial charge in [0, 0.05) is 24.0 Å². The minimum Gasteiger partial charge on any atom is -0.370 e. The molecule has 37 heavy (non-hydrogen) atoms. The highest BCUT2D eigenvalue weighted by atomic mass is 32.2. The second-order valence-corrected chi connectivity index (χ2v) is 11.5. The first-order valence-corrected chi connectivity index (χ1v) is 14.1. The maximum absolute atomic E-state index is 13.2. The van der Waals surface area contributed by atoms with E-state index in [-0.39, 0.29) is 11.1 Å². The fraction of sp³-hybridized carbons (Fsp3) is 0.346. The number of aryl methyl sites for hydroxylation is 1. The first kappa shape index (κ1) is 22.5. The van der Waals surface area contributed by atoms with Crippen LogP contribution in [0, 0.1) is 5.92 Å². The van der Waals surface area contributed by atoms with E-state index in [1.165, 1.54) is 11.6 Å². The summed E-state index contributed by atoms with van der Waals surface area (Å²) in [6.07, 6.45) is 8.32. The van der Waals surface area contributed by atoms with Crippen molar-refractivity contribution < 1.29 is 17.9 Å². The molecule has 190 valence electrons. The number of pyridine rings is 1. The van der Waals surface area contributed by atoms with Gasteiger partial charge in [0.05, 0.1) is 30.0 Å². The number of amides is 2. The molecule has 2 amide bonds. The van der Waals surface area contributed by atoms with Crippen molar-refractivity contribution >= 4 is 27.3 Å². The van der Waals surface area contributed by atoms with Crippen LogP contribution >= 0.6 is 0 Å². The van der Waals surface area contributed by atoms with Gasteiger partial charge in [0.2, 0.25) is 0 Å². The molecule has 1 atom stereocenters. The molecule has 0 unspecified atom stereocenters. The van der Waals surface area contributed by atoms with Gasteiger partial charge in [-0.1, -0.05) is 12.1 Å². The van der Waals surface area contributed by atoms with Crippen molar-refractivity contribution in [3.63, 3.8) is 0 Å². The monoisotopic (exact) mass is 518 g/mol. The predicted octanol–water partition coefficient (Wildman–Crippen LogP) is 3.68. The van der Waals surface area contributed by atoms with E-state index >= 15 is 0 Å². The van der Waals surface area contributed by atoms with Crippen molar-refractivity contribution in [3.05, 3.63) is 65.6 Å². The lowest BCUT2D eigenvalue weighted by atomic mass is 9.97. The molecule has 2 N–H and O–H groups in total. The highest BCUT2D eigenvalue weighted by molar-refractivity contribution is 7.90. The minimum absolute atomic E-state index is 0.137. The average molecular weight is 519 g/mol. The second kappa shape index (κ2) is 8.42. The molecule has 3 aromatic heterocycles. The largest absolute Gasteiger partial charge is 0.370 e. The van der Waals surface area contributed by atoms with E-state index in [1.54, 1.807) is 15.4 Å². The summed E-state index contributed by atoms with van der Waals surface area (Å²) in [5.74, 6) is 0.405. The quantitative estimate of drug-likeness (QED) is 0.416. The number of nitrogens with one attached hydrogen (secondary N) is 2. The molecule has 7 rings (SSSR count). The molecular weight excluding hydrogens is 492 g/mol. The van der Waals surface area contributed by atoms with Crippen LogP contribution in [0.15, 0.2) is 53.8 Å². The van der Waals surface area contributed by atoms with Gasteiger partial charge in [-0.3, -0.25) is 4.68 Å². The van der Waals surface area contributed by atoms with Gasteiger partial charge < -0.3 is 10.1 Å². The Bertz CT molecular complexity index is 1650. The van der Waals surface area contributed by atoms with E-state index in [0.29, 0.717) is 24.8 Å². The van der Waals surface area contributed by atoms with Gasteiger partial charge in [0.15, 0.2) is 5.03 Å². The Morgan fingerprint density at radius 3 is 2.86 bits per heavy atom. The third-order valence-electron chi connectivity index (χ3n) is 7.47. The summed E-state index contributed by atoms with van der Waals surface area (Å²) in [6, 6.07) is 10.6. The Balaban J connectivity index is 1.18. The van der Waals surface area contributed by atoms with Crippen molar-refractivity contribution in [2.45, 2.75) is 49.8 Å². The molecule has 3 aliphatic rings. The van der Waals surface area contributed by atoms with E-state index in [2.05, 4.69) is 26.3 Å². The zero-order chi connectivity index (χ0) is 25.1. The number of hydrogen-bond acceptors (Lipinski definition) is 6.